The van der Waals surface area contributed by atoms with Crippen molar-refractivity contribution in [3.63, 3.8) is 0 Å². The molecule has 1 N–H and O–H groups in total. The number of aryl methyl sites for hydroxylation is 2. The van der Waals surface area contributed by atoms with Crippen LogP contribution in [0.2, 0.25) is 0 Å². The molecule has 0 fully saturated rings. The van der Waals surface area contributed by atoms with Gasteiger partial charge in [0.1, 0.15) is 15.6 Å². The van der Waals surface area contributed by atoms with Gasteiger partial charge in [0.05, 0.1) is 5.69 Å². The molecular weight excluding hydrogens is 272 g/mol. The van der Waals surface area contributed by atoms with E-state index in [1.165, 1.54) is 11.3 Å². The number of thiazole rings is 1. The van der Waals surface area contributed by atoms with Crippen LogP contribution in [0.4, 0.5) is 0 Å². The molecule has 0 radical (unpaired) electrons. The molecule has 0 aromatic carbocycles. The second-order valence-electron chi connectivity index (χ2n) is 5.38. The Morgan fingerprint density at radius 3 is 2.65 bits per heavy atom. The average Bonchev–Trinajstić information content (AvgIpc) is 2.71. The van der Waals surface area contributed by atoms with E-state index in [1.807, 2.05) is 19.9 Å². The van der Waals surface area contributed by atoms with Gasteiger partial charge in [-0.25, -0.2) is 9.78 Å². The highest BCUT2D eigenvalue weighted by atomic mass is 32.1. The molecule has 0 aliphatic heterocycles. The maximum Gasteiger partial charge on any atom is 0.347 e. The van der Waals surface area contributed by atoms with E-state index in [0.29, 0.717) is 27.9 Å². The highest BCUT2D eigenvalue weighted by Gasteiger charge is 2.20. The van der Waals surface area contributed by atoms with Crippen molar-refractivity contribution in [2.45, 2.75) is 34.1 Å². The van der Waals surface area contributed by atoms with Gasteiger partial charge in [-0.05, 0) is 37.3 Å². The number of aromatic carboxylic acids is 1. The first kappa shape index (κ1) is 14.7. The van der Waals surface area contributed by atoms with E-state index in [4.69, 9.17) is 0 Å². The topological polar surface area (TPSA) is 63.1 Å². The van der Waals surface area contributed by atoms with Crippen molar-refractivity contribution >= 4 is 17.3 Å². The Bertz CT molecular complexity index is 647. The highest BCUT2D eigenvalue weighted by Crippen LogP contribution is 2.30. The van der Waals surface area contributed by atoms with E-state index >= 15 is 0 Å². The predicted octanol–water partition coefficient (Wildman–Crippen LogP) is 3.72. The van der Waals surface area contributed by atoms with Gasteiger partial charge < -0.3 is 5.11 Å². The third kappa shape index (κ3) is 3.04. The summed E-state index contributed by atoms with van der Waals surface area (Å²) < 4.78 is 0. The zero-order valence-electron chi connectivity index (χ0n) is 12.1. The lowest BCUT2D eigenvalue weighted by atomic mass is 10.1. The third-order valence-corrected chi connectivity index (χ3v) is 4.00. The minimum atomic E-state index is -0.908. The van der Waals surface area contributed by atoms with Crippen LogP contribution in [0.3, 0.4) is 0 Å². The fourth-order valence-electron chi connectivity index (χ4n) is 2.08. The molecule has 4 nitrogen and oxygen atoms in total. The average molecular weight is 290 g/mol. The van der Waals surface area contributed by atoms with Crippen molar-refractivity contribution < 1.29 is 9.90 Å². The lowest BCUT2D eigenvalue weighted by molar-refractivity contribution is 0.0700. The first-order chi connectivity index (χ1) is 9.38. The maximum absolute atomic E-state index is 11.3. The Balaban J connectivity index is 2.49. The number of hydrogen-bond acceptors (Lipinski definition) is 4. The Hall–Kier alpha value is -1.75. The molecule has 0 saturated carbocycles. The van der Waals surface area contributed by atoms with Gasteiger partial charge in [0, 0.05) is 6.20 Å². The summed E-state index contributed by atoms with van der Waals surface area (Å²) >= 11 is 1.21. The normalized spacial score (nSPS) is 11.1. The Morgan fingerprint density at radius 2 is 2.10 bits per heavy atom. The van der Waals surface area contributed by atoms with Crippen molar-refractivity contribution in [3.8, 4) is 10.7 Å². The van der Waals surface area contributed by atoms with Gasteiger partial charge in [-0.3, -0.25) is 4.98 Å². The minimum absolute atomic E-state index is 0.329. The summed E-state index contributed by atoms with van der Waals surface area (Å²) in [6.45, 7) is 8.07. The molecule has 0 unspecified atom stereocenters. The van der Waals surface area contributed by atoms with Crippen molar-refractivity contribution in [1.29, 1.82) is 0 Å². The van der Waals surface area contributed by atoms with Crippen molar-refractivity contribution in [2.75, 3.05) is 0 Å². The fourth-order valence-corrected chi connectivity index (χ4v) is 3.08. The smallest absolute Gasteiger partial charge is 0.347 e. The number of hydrogen-bond donors (Lipinski definition) is 1. The lowest BCUT2D eigenvalue weighted by Gasteiger charge is -2.02. The molecule has 20 heavy (non-hydrogen) atoms. The SMILES string of the molecule is Cc1cnc(-c2nc(CC(C)C)c(C(=O)O)s2)c(C)c1. The van der Waals surface area contributed by atoms with Crippen molar-refractivity contribution in [3.05, 3.63) is 34.0 Å². The van der Waals surface area contributed by atoms with Crippen LogP contribution in [0.15, 0.2) is 12.3 Å². The molecule has 0 saturated heterocycles. The van der Waals surface area contributed by atoms with Gasteiger partial charge in [-0.1, -0.05) is 19.9 Å². The molecule has 0 aliphatic rings. The van der Waals surface area contributed by atoms with E-state index in [9.17, 15) is 9.90 Å². The summed E-state index contributed by atoms with van der Waals surface area (Å²) in [4.78, 5) is 20.6. The molecular formula is C15H18N2O2S. The monoisotopic (exact) mass is 290 g/mol. The van der Waals surface area contributed by atoms with Crippen LogP contribution < -0.4 is 0 Å². The van der Waals surface area contributed by atoms with Crippen molar-refractivity contribution in [1.82, 2.24) is 9.97 Å². The van der Waals surface area contributed by atoms with Crippen LogP contribution in [-0.2, 0) is 6.42 Å². The van der Waals surface area contributed by atoms with E-state index in [1.54, 1.807) is 6.20 Å². The van der Waals surface area contributed by atoms with Gasteiger partial charge in [-0.15, -0.1) is 11.3 Å². The lowest BCUT2D eigenvalue weighted by Crippen LogP contribution is -2.02. The van der Waals surface area contributed by atoms with Crippen LogP contribution in [0.25, 0.3) is 10.7 Å². The predicted molar refractivity (Wildman–Crippen MR) is 80.3 cm³/mol. The number of pyridine rings is 1. The number of rotatable bonds is 4. The van der Waals surface area contributed by atoms with Gasteiger partial charge in [-0.2, -0.15) is 0 Å². The summed E-state index contributed by atoms with van der Waals surface area (Å²) in [5.74, 6) is -0.538. The fraction of sp³-hybridized carbons (Fsp3) is 0.400. The van der Waals surface area contributed by atoms with Crippen LogP contribution in [0.1, 0.15) is 40.3 Å². The van der Waals surface area contributed by atoms with Gasteiger partial charge in [0.2, 0.25) is 0 Å². The number of carboxylic acid groups (broad SMARTS) is 1. The van der Waals surface area contributed by atoms with E-state index in [2.05, 4.69) is 23.8 Å². The largest absolute Gasteiger partial charge is 0.477 e. The summed E-state index contributed by atoms with van der Waals surface area (Å²) in [7, 11) is 0. The molecule has 0 spiro atoms. The van der Waals surface area contributed by atoms with Gasteiger partial charge >= 0.3 is 5.97 Å². The summed E-state index contributed by atoms with van der Waals surface area (Å²) in [5, 5.41) is 9.99. The molecule has 2 aromatic rings. The number of nitrogens with zero attached hydrogens (tertiary/aromatic N) is 2. The standard InChI is InChI=1S/C15H18N2O2S/c1-8(2)5-11-13(15(18)19)20-14(17-11)12-10(4)6-9(3)7-16-12/h6-8H,5H2,1-4H3,(H,18,19). The molecule has 0 amide bonds. The van der Waals surface area contributed by atoms with Gasteiger partial charge in [0.15, 0.2) is 0 Å². The molecule has 2 aromatic heterocycles. The molecule has 2 rings (SSSR count). The zero-order valence-corrected chi connectivity index (χ0v) is 12.9. The van der Waals surface area contributed by atoms with Crippen LogP contribution in [0, 0.1) is 19.8 Å². The first-order valence-corrected chi connectivity index (χ1v) is 7.36. The molecule has 106 valence electrons. The van der Waals surface area contributed by atoms with Crippen LogP contribution in [0.5, 0.6) is 0 Å². The zero-order chi connectivity index (χ0) is 14.9. The van der Waals surface area contributed by atoms with Crippen LogP contribution >= 0.6 is 11.3 Å². The first-order valence-electron chi connectivity index (χ1n) is 6.55. The molecule has 0 aliphatic carbocycles. The van der Waals surface area contributed by atoms with E-state index in [0.717, 1.165) is 16.8 Å². The van der Waals surface area contributed by atoms with Crippen molar-refractivity contribution in [2.24, 2.45) is 5.92 Å². The minimum Gasteiger partial charge on any atom is -0.477 e. The Kier molecular flexibility index (Phi) is 4.18. The molecule has 0 atom stereocenters. The Labute approximate surface area is 122 Å². The third-order valence-electron chi connectivity index (χ3n) is 2.91. The summed E-state index contributed by atoms with van der Waals surface area (Å²) in [5.41, 5.74) is 3.54. The molecule has 2 heterocycles. The number of carbonyl (C=O) groups is 1. The quantitative estimate of drug-likeness (QED) is 0.932. The maximum atomic E-state index is 11.3. The summed E-state index contributed by atoms with van der Waals surface area (Å²) in [6, 6.07) is 2.03. The van der Waals surface area contributed by atoms with E-state index in [-0.39, 0.29) is 0 Å². The number of aromatic nitrogens is 2. The van der Waals surface area contributed by atoms with E-state index < -0.39 is 5.97 Å². The second kappa shape index (κ2) is 5.71. The molecule has 5 heteroatoms. The second-order valence-corrected chi connectivity index (χ2v) is 6.38. The molecule has 0 bridgehead atoms. The van der Waals surface area contributed by atoms with Gasteiger partial charge in [0.25, 0.3) is 0 Å². The Morgan fingerprint density at radius 1 is 1.40 bits per heavy atom. The highest BCUT2D eigenvalue weighted by molar-refractivity contribution is 7.17. The van der Waals surface area contributed by atoms with Crippen LogP contribution in [-0.4, -0.2) is 21.0 Å². The number of carboxylic acids is 1. The summed E-state index contributed by atoms with van der Waals surface area (Å²) in [6.07, 6.45) is 2.45.